The van der Waals surface area contributed by atoms with Gasteiger partial charge in [-0.2, -0.15) is 0 Å². The van der Waals surface area contributed by atoms with Gasteiger partial charge in [0.05, 0.1) is 7.11 Å². The molecule has 0 radical (unpaired) electrons. The molecule has 0 unspecified atom stereocenters. The lowest BCUT2D eigenvalue weighted by Gasteiger charge is -2.29. The van der Waals surface area contributed by atoms with Gasteiger partial charge in [-0.25, -0.2) is 9.59 Å². The van der Waals surface area contributed by atoms with E-state index in [1.165, 1.54) is 7.11 Å². The fourth-order valence-corrected chi connectivity index (χ4v) is 4.01. The van der Waals surface area contributed by atoms with Gasteiger partial charge in [-0.15, -0.1) is 0 Å². The standard InChI is InChI=1S/C23H33IN2O5/c1-23(2,3)31-22(29)25-14-16-5-9-17(10-6-16)20(27)26-19(21(28)30-4)13-15-7-11-18(24)12-8-15/h7-8,11-12,16-17,19H,5-6,9-10,13-14H2,1-4H3,(H,25,29)(H,26,27)/t16?,17?,19-/m0/s1. The van der Waals surface area contributed by atoms with Crippen LogP contribution in [0.15, 0.2) is 24.3 Å². The number of esters is 1. The topological polar surface area (TPSA) is 93.7 Å². The van der Waals surface area contributed by atoms with Crippen LogP contribution in [0.5, 0.6) is 0 Å². The lowest BCUT2D eigenvalue weighted by Crippen LogP contribution is -2.46. The van der Waals surface area contributed by atoms with E-state index in [1.54, 1.807) is 0 Å². The van der Waals surface area contributed by atoms with Gasteiger partial charge in [-0.05, 0) is 92.7 Å². The number of benzene rings is 1. The van der Waals surface area contributed by atoms with Crippen molar-refractivity contribution < 1.29 is 23.9 Å². The number of alkyl carbamates (subject to hydrolysis) is 1. The summed E-state index contributed by atoms with van der Waals surface area (Å²) in [7, 11) is 1.33. The van der Waals surface area contributed by atoms with Crippen molar-refractivity contribution in [2.75, 3.05) is 13.7 Å². The minimum Gasteiger partial charge on any atom is -0.467 e. The van der Waals surface area contributed by atoms with Crippen molar-refractivity contribution in [3.8, 4) is 0 Å². The second kappa shape index (κ2) is 11.7. The first-order valence-electron chi connectivity index (χ1n) is 10.7. The smallest absolute Gasteiger partial charge is 0.407 e. The van der Waals surface area contributed by atoms with Gasteiger partial charge in [0.2, 0.25) is 5.91 Å². The highest BCUT2D eigenvalue weighted by atomic mass is 127. The number of nitrogens with one attached hydrogen (secondary N) is 2. The zero-order valence-electron chi connectivity index (χ0n) is 18.7. The minimum absolute atomic E-state index is 0.112. The number of methoxy groups -OCH3 is 1. The average molecular weight is 544 g/mol. The molecule has 1 aromatic rings. The van der Waals surface area contributed by atoms with Crippen LogP contribution in [0.25, 0.3) is 0 Å². The van der Waals surface area contributed by atoms with E-state index in [1.807, 2.05) is 45.0 Å². The predicted octanol–water partition coefficient (Wildman–Crippen LogP) is 3.82. The van der Waals surface area contributed by atoms with Crippen molar-refractivity contribution in [3.05, 3.63) is 33.4 Å². The number of amides is 2. The number of hydrogen-bond donors (Lipinski definition) is 2. The van der Waals surface area contributed by atoms with Gasteiger partial charge in [0.15, 0.2) is 0 Å². The molecule has 0 heterocycles. The predicted molar refractivity (Wildman–Crippen MR) is 126 cm³/mol. The zero-order chi connectivity index (χ0) is 23.0. The van der Waals surface area contributed by atoms with Crippen LogP contribution in [0.1, 0.15) is 52.0 Å². The first-order chi connectivity index (χ1) is 14.6. The number of carbonyl (C=O) groups excluding carboxylic acids is 3. The summed E-state index contributed by atoms with van der Waals surface area (Å²) in [6, 6.07) is 7.14. The van der Waals surface area contributed by atoms with Crippen molar-refractivity contribution >= 4 is 40.6 Å². The van der Waals surface area contributed by atoms with Crippen LogP contribution in [0.4, 0.5) is 4.79 Å². The maximum atomic E-state index is 12.8. The van der Waals surface area contributed by atoms with Gasteiger partial charge in [0.25, 0.3) is 0 Å². The Labute approximate surface area is 198 Å². The summed E-state index contributed by atoms with van der Waals surface area (Å²) in [5, 5.41) is 5.70. The zero-order valence-corrected chi connectivity index (χ0v) is 20.9. The number of carbonyl (C=O) groups is 3. The van der Waals surface area contributed by atoms with Gasteiger partial charge in [0.1, 0.15) is 11.6 Å². The highest BCUT2D eigenvalue weighted by Gasteiger charge is 2.30. The van der Waals surface area contributed by atoms with Gasteiger partial charge >= 0.3 is 12.1 Å². The third kappa shape index (κ3) is 9.04. The molecular formula is C23H33IN2O5. The summed E-state index contributed by atoms with van der Waals surface area (Å²) in [6.45, 7) is 6.03. The molecule has 8 heteroatoms. The number of ether oxygens (including phenoxy) is 2. The first kappa shape index (κ1) is 25.4. The Morgan fingerprint density at radius 3 is 2.26 bits per heavy atom. The first-order valence-corrected chi connectivity index (χ1v) is 11.7. The van der Waals surface area contributed by atoms with E-state index in [-0.39, 0.29) is 11.8 Å². The fourth-order valence-electron chi connectivity index (χ4n) is 3.65. The van der Waals surface area contributed by atoms with E-state index in [9.17, 15) is 14.4 Å². The third-order valence-corrected chi connectivity index (χ3v) is 6.03. The molecule has 7 nitrogen and oxygen atoms in total. The highest BCUT2D eigenvalue weighted by Crippen LogP contribution is 2.29. The summed E-state index contributed by atoms with van der Waals surface area (Å²) in [5.74, 6) is -0.372. The maximum absolute atomic E-state index is 12.8. The molecule has 172 valence electrons. The lowest BCUT2D eigenvalue weighted by molar-refractivity contribution is -0.145. The van der Waals surface area contributed by atoms with E-state index in [2.05, 4.69) is 33.2 Å². The van der Waals surface area contributed by atoms with E-state index in [4.69, 9.17) is 9.47 Å². The molecule has 1 saturated carbocycles. The Hall–Kier alpha value is -1.84. The maximum Gasteiger partial charge on any atom is 0.407 e. The summed E-state index contributed by atoms with van der Waals surface area (Å²) in [5.41, 5.74) is 0.446. The van der Waals surface area contributed by atoms with Crippen molar-refractivity contribution in [1.29, 1.82) is 0 Å². The number of halogens is 1. The molecule has 1 atom stereocenters. The quantitative estimate of drug-likeness (QED) is 0.402. The molecule has 2 rings (SSSR count). The van der Waals surface area contributed by atoms with E-state index >= 15 is 0 Å². The molecule has 1 aliphatic rings. The minimum atomic E-state index is -0.705. The molecule has 31 heavy (non-hydrogen) atoms. The molecule has 1 fully saturated rings. The molecule has 0 aromatic heterocycles. The largest absolute Gasteiger partial charge is 0.467 e. The third-order valence-electron chi connectivity index (χ3n) is 5.31. The van der Waals surface area contributed by atoms with Crippen LogP contribution < -0.4 is 10.6 Å². The van der Waals surface area contributed by atoms with Gasteiger partial charge in [0, 0.05) is 22.5 Å². The van der Waals surface area contributed by atoms with Crippen molar-refractivity contribution in [2.24, 2.45) is 11.8 Å². The Morgan fingerprint density at radius 2 is 1.71 bits per heavy atom. The van der Waals surface area contributed by atoms with Gasteiger partial charge in [-0.1, -0.05) is 12.1 Å². The van der Waals surface area contributed by atoms with Crippen LogP contribution in [0, 0.1) is 15.4 Å². The molecule has 0 spiro atoms. The summed E-state index contributed by atoms with van der Waals surface area (Å²) >= 11 is 2.22. The normalized spacial score (nSPS) is 19.8. The van der Waals surface area contributed by atoms with Gasteiger partial charge in [-0.3, -0.25) is 4.79 Å². The van der Waals surface area contributed by atoms with Crippen LogP contribution in [-0.2, 0) is 25.5 Å². The summed E-state index contributed by atoms with van der Waals surface area (Å²) < 4.78 is 11.3. The second-order valence-corrected chi connectivity index (χ2v) is 10.3. The second-order valence-electron chi connectivity index (χ2n) is 9.02. The Morgan fingerprint density at radius 1 is 1.10 bits per heavy atom. The van der Waals surface area contributed by atoms with Crippen molar-refractivity contribution in [2.45, 2.75) is 64.5 Å². The highest BCUT2D eigenvalue weighted by molar-refractivity contribution is 14.1. The Kier molecular flexibility index (Phi) is 9.58. The molecular weight excluding hydrogens is 511 g/mol. The van der Waals surface area contributed by atoms with Crippen LogP contribution >= 0.6 is 22.6 Å². The van der Waals surface area contributed by atoms with E-state index < -0.39 is 23.7 Å². The Balaban J connectivity index is 1.82. The number of hydrogen-bond acceptors (Lipinski definition) is 5. The van der Waals surface area contributed by atoms with Crippen molar-refractivity contribution in [1.82, 2.24) is 10.6 Å². The van der Waals surface area contributed by atoms with Crippen LogP contribution in [-0.4, -0.2) is 43.3 Å². The Bertz CT molecular complexity index is 752. The molecule has 0 saturated heterocycles. The molecule has 0 aliphatic heterocycles. The fraction of sp³-hybridized carbons (Fsp3) is 0.609. The summed E-state index contributed by atoms with van der Waals surface area (Å²) in [6.07, 6.45) is 3.11. The monoisotopic (exact) mass is 544 g/mol. The van der Waals surface area contributed by atoms with Crippen LogP contribution in [0.2, 0.25) is 0 Å². The number of rotatable bonds is 7. The lowest BCUT2D eigenvalue weighted by atomic mass is 9.81. The molecule has 0 bridgehead atoms. The molecule has 2 N–H and O–H groups in total. The molecule has 1 aromatic carbocycles. The average Bonchev–Trinajstić information content (AvgIpc) is 2.71. The van der Waals surface area contributed by atoms with E-state index in [0.29, 0.717) is 18.9 Å². The van der Waals surface area contributed by atoms with Gasteiger partial charge < -0.3 is 20.1 Å². The summed E-state index contributed by atoms with van der Waals surface area (Å²) in [4.78, 5) is 36.8. The van der Waals surface area contributed by atoms with E-state index in [0.717, 1.165) is 34.8 Å². The molecule has 2 amide bonds. The molecule has 1 aliphatic carbocycles. The SMILES string of the molecule is COC(=O)[C@H](Cc1ccc(I)cc1)NC(=O)C1CCC(CNC(=O)OC(C)(C)C)CC1. The van der Waals surface area contributed by atoms with Crippen molar-refractivity contribution in [3.63, 3.8) is 0 Å². The van der Waals surface area contributed by atoms with Crippen LogP contribution in [0.3, 0.4) is 0 Å².